The van der Waals surface area contributed by atoms with Crippen molar-refractivity contribution in [2.75, 3.05) is 26.6 Å². The fraction of sp³-hybridized carbons (Fsp3) is 0.211. The lowest BCUT2D eigenvalue weighted by molar-refractivity contribution is 0.324. The van der Waals surface area contributed by atoms with Crippen LogP contribution in [0.25, 0.3) is 11.3 Å². The lowest BCUT2D eigenvalue weighted by Crippen LogP contribution is -1.99. The van der Waals surface area contributed by atoms with Gasteiger partial charge in [0.15, 0.2) is 16.6 Å². The minimum Gasteiger partial charge on any atom is -0.493 e. The van der Waals surface area contributed by atoms with E-state index >= 15 is 0 Å². The van der Waals surface area contributed by atoms with Crippen LogP contribution in [0.1, 0.15) is 5.56 Å². The Balaban J connectivity index is 1.79. The van der Waals surface area contributed by atoms with Gasteiger partial charge in [0.1, 0.15) is 5.82 Å². The average molecular weight is 374 g/mol. The van der Waals surface area contributed by atoms with Gasteiger partial charge >= 0.3 is 0 Å². The van der Waals surface area contributed by atoms with Crippen LogP contribution in [-0.2, 0) is 6.54 Å². The molecule has 0 aliphatic carbocycles. The van der Waals surface area contributed by atoms with Crippen molar-refractivity contribution >= 4 is 16.5 Å². The minimum atomic E-state index is -0.243. The van der Waals surface area contributed by atoms with Crippen LogP contribution in [0.3, 0.4) is 0 Å². The molecule has 5 nitrogen and oxygen atoms in total. The molecule has 0 aliphatic rings. The summed E-state index contributed by atoms with van der Waals surface area (Å²) in [4.78, 5) is 4.60. The Morgan fingerprint density at radius 3 is 2.23 bits per heavy atom. The third-order valence-corrected chi connectivity index (χ3v) is 4.62. The van der Waals surface area contributed by atoms with Gasteiger partial charge in [-0.05, 0) is 29.8 Å². The van der Waals surface area contributed by atoms with E-state index in [0.717, 1.165) is 22.0 Å². The van der Waals surface area contributed by atoms with E-state index in [4.69, 9.17) is 14.2 Å². The molecule has 0 amide bonds. The number of benzene rings is 2. The molecular formula is C19H19FN2O3S. The first-order valence-corrected chi connectivity index (χ1v) is 8.76. The maximum Gasteiger partial charge on any atom is 0.203 e. The molecule has 0 aliphatic heterocycles. The fourth-order valence-corrected chi connectivity index (χ4v) is 3.22. The van der Waals surface area contributed by atoms with E-state index in [1.165, 1.54) is 23.5 Å². The van der Waals surface area contributed by atoms with E-state index in [2.05, 4.69) is 10.3 Å². The van der Waals surface area contributed by atoms with Crippen LogP contribution < -0.4 is 19.5 Å². The summed E-state index contributed by atoms with van der Waals surface area (Å²) in [6.07, 6.45) is 0. The summed E-state index contributed by atoms with van der Waals surface area (Å²) in [6.45, 7) is 0.572. The maximum atomic E-state index is 13.0. The summed E-state index contributed by atoms with van der Waals surface area (Å²) >= 11 is 1.49. The van der Waals surface area contributed by atoms with Crippen LogP contribution in [0.4, 0.5) is 9.52 Å². The zero-order valence-electron chi connectivity index (χ0n) is 14.7. The quantitative estimate of drug-likeness (QED) is 0.656. The highest BCUT2D eigenvalue weighted by molar-refractivity contribution is 7.14. The molecule has 3 aromatic rings. The van der Waals surface area contributed by atoms with Crippen LogP contribution >= 0.6 is 11.3 Å². The number of rotatable bonds is 7. The molecule has 0 fully saturated rings. The Hall–Kier alpha value is -2.80. The molecule has 7 heteroatoms. The maximum absolute atomic E-state index is 13.0. The molecule has 0 bridgehead atoms. The minimum absolute atomic E-state index is 0.243. The Labute approximate surface area is 155 Å². The van der Waals surface area contributed by atoms with E-state index in [9.17, 15) is 4.39 Å². The molecular weight excluding hydrogens is 355 g/mol. The summed E-state index contributed by atoms with van der Waals surface area (Å²) in [7, 11) is 4.73. The molecule has 0 atom stereocenters. The Bertz CT molecular complexity index is 856. The molecule has 0 saturated heterocycles. The number of halogens is 1. The third-order valence-electron chi connectivity index (χ3n) is 3.82. The van der Waals surface area contributed by atoms with Crippen molar-refractivity contribution in [1.82, 2.24) is 4.98 Å². The lowest BCUT2D eigenvalue weighted by atomic mass is 10.1. The first kappa shape index (κ1) is 18.0. The van der Waals surface area contributed by atoms with Crippen LogP contribution in [0.5, 0.6) is 17.2 Å². The molecule has 0 radical (unpaired) electrons. The first-order chi connectivity index (χ1) is 12.6. The van der Waals surface area contributed by atoms with Crippen LogP contribution in [0.15, 0.2) is 41.8 Å². The predicted octanol–water partition coefficient (Wildman–Crippen LogP) is 4.59. The average Bonchev–Trinajstić information content (AvgIpc) is 3.15. The third kappa shape index (κ3) is 3.88. The Morgan fingerprint density at radius 2 is 1.65 bits per heavy atom. The molecule has 0 saturated carbocycles. The Kier molecular flexibility index (Phi) is 5.58. The summed E-state index contributed by atoms with van der Waals surface area (Å²) in [6, 6.07) is 10.1. The zero-order valence-corrected chi connectivity index (χ0v) is 15.5. The number of hydrogen-bond donors (Lipinski definition) is 1. The van der Waals surface area contributed by atoms with Gasteiger partial charge in [-0.2, -0.15) is 0 Å². The number of aromatic nitrogens is 1. The van der Waals surface area contributed by atoms with Gasteiger partial charge in [0, 0.05) is 17.5 Å². The highest BCUT2D eigenvalue weighted by atomic mass is 32.1. The zero-order chi connectivity index (χ0) is 18.5. The topological polar surface area (TPSA) is 52.6 Å². The highest BCUT2D eigenvalue weighted by Gasteiger charge is 2.15. The summed E-state index contributed by atoms with van der Waals surface area (Å²) in [5, 5.41) is 5.98. The van der Waals surface area contributed by atoms with E-state index in [1.807, 2.05) is 17.5 Å². The molecule has 1 N–H and O–H groups in total. The SMILES string of the molecule is COc1cc(-c2csc(NCc3ccc(F)cc3)n2)cc(OC)c1OC. The fourth-order valence-electron chi connectivity index (χ4n) is 2.50. The van der Waals surface area contributed by atoms with Crippen molar-refractivity contribution in [2.45, 2.75) is 6.54 Å². The van der Waals surface area contributed by atoms with Crippen LogP contribution in [0, 0.1) is 5.82 Å². The molecule has 0 spiro atoms. The summed E-state index contributed by atoms with van der Waals surface area (Å²) in [5.74, 6) is 1.46. The van der Waals surface area contributed by atoms with Gasteiger partial charge in [-0.1, -0.05) is 12.1 Å². The van der Waals surface area contributed by atoms with Crippen molar-refractivity contribution in [3.8, 4) is 28.5 Å². The van der Waals surface area contributed by atoms with Crippen molar-refractivity contribution < 1.29 is 18.6 Å². The van der Waals surface area contributed by atoms with Crippen molar-refractivity contribution in [2.24, 2.45) is 0 Å². The number of nitrogens with one attached hydrogen (secondary N) is 1. The number of ether oxygens (including phenoxy) is 3. The molecule has 26 heavy (non-hydrogen) atoms. The predicted molar refractivity (Wildman–Crippen MR) is 101 cm³/mol. The second kappa shape index (κ2) is 8.05. The van der Waals surface area contributed by atoms with Crippen molar-refractivity contribution in [3.05, 3.63) is 53.2 Å². The lowest BCUT2D eigenvalue weighted by Gasteiger charge is -2.13. The van der Waals surface area contributed by atoms with Crippen LogP contribution in [-0.4, -0.2) is 26.3 Å². The highest BCUT2D eigenvalue weighted by Crippen LogP contribution is 2.41. The molecule has 1 heterocycles. The second-order valence-electron chi connectivity index (χ2n) is 5.43. The van der Waals surface area contributed by atoms with Gasteiger partial charge in [-0.25, -0.2) is 9.37 Å². The molecule has 0 unspecified atom stereocenters. The smallest absolute Gasteiger partial charge is 0.203 e. The summed E-state index contributed by atoms with van der Waals surface area (Å²) < 4.78 is 29.1. The van der Waals surface area contributed by atoms with Crippen LogP contribution in [0.2, 0.25) is 0 Å². The molecule has 1 aromatic heterocycles. The molecule has 136 valence electrons. The van der Waals surface area contributed by atoms with Crippen molar-refractivity contribution in [1.29, 1.82) is 0 Å². The monoisotopic (exact) mass is 374 g/mol. The molecule has 3 rings (SSSR count). The number of nitrogens with zero attached hydrogens (tertiary/aromatic N) is 1. The van der Waals surface area contributed by atoms with E-state index in [1.54, 1.807) is 33.5 Å². The van der Waals surface area contributed by atoms with E-state index in [-0.39, 0.29) is 5.82 Å². The van der Waals surface area contributed by atoms with Gasteiger partial charge < -0.3 is 19.5 Å². The number of hydrogen-bond acceptors (Lipinski definition) is 6. The van der Waals surface area contributed by atoms with Crippen molar-refractivity contribution in [3.63, 3.8) is 0 Å². The normalized spacial score (nSPS) is 10.5. The van der Waals surface area contributed by atoms with Gasteiger partial charge in [0.05, 0.1) is 27.0 Å². The number of methoxy groups -OCH3 is 3. The van der Waals surface area contributed by atoms with E-state index in [0.29, 0.717) is 23.8 Å². The first-order valence-electron chi connectivity index (χ1n) is 7.88. The number of thiazole rings is 1. The van der Waals surface area contributed by atoms with Gasteiger partial charge in [0.25, 0.3) is 0 Å². The van der Waals surface area contributed by atoms with Gasteiger partial charge in [-0.15, -0.1) is 11.3 Å². The molecule has 2 aromatic carbocycles. The second-order valence-corrected chi connectivity index (χ2v) is 6.29. The van der Waals surface area contributed by atoms with Gasteiger partial charge in [0.2, 0.25) is 5.75 Å². The van der Waals surface area contributed by atoms with E-state index < -0.39 is 0 Å². The standard InChI is InChI=1S/C19H19FN2O3S/c1-23-16-8-13(9-17(24-2)18(16)25-3)15-11-26-19(22-15)21-10-12-4-6-14(20)7-5-12/h4-9,11H,10H2,1-3H3,(H,21,22). The largest absolute Gasteiger partial charge is 0.493 e. The number of anilines is 1. The summed E-state index contributed by atoms with van der Waals surface area (Å²) in [5.41, 5.74) is 2.65. The Morgan fingerprint density at radius 1 is 1.00 bits per heavy atom. The van der Waals surface area contributed by atoms with Gasteiger partial charge in [-0.3, -0.25) is 0 Å².